The van der Waals surface area contributed by atoms with Crippen LogP contribution in [0.5, 0.6) is 11.5 Å². The summed E-state index contributed by atoms with van der Waals surface area (Å²) in [6.07, 6.45) is 3.07. The molecule has 0 saturated heterocycles. The number of benzene rings is 2. The topological polar surface area (TPSA) is 73.9 Å². The first-order valence-electron chi connectivity index (χ1n) is 10.4. The van der Waals surface area contributed by atoms with Crippen LogP contribution in [-0.2, 0) is 9.53 Å². The fraction of sp³-hybridized carbons (Fsp3) is 0.231. The van der Waals surface area contributed by atoms with E-state index in [1.807, 2.05) is 43.5 Å². The van der Waals surface area contributed by atoms with E-state index in [9.17, 15) is 9.59 Å². The number of ether oxygens (including phenoxy) is 3. The van der Waals surface area contributed by atoms with E-state index in [1.54, 1.807) is 39.4 Å². The lowest BCUT2D eigenvalue weighted by Gasteiger charge is -2.09. The quantitative estimate of drug-likeness (QED) is 0.332. The predicted molar refractivity (Wildman–Crippen MR) is 132 cm³/mol. The van der Waals surface area contributed by atoms with Crippen molar-refractivity contribution >= 4 is 34.3 Å². The number of hydrogen-bond acceptors (Lipinski definition) is 6. The van der Waals surface area contributed by atoms with Gasteiger partial charge in [-0.05, 0) is 61.2 Å². The summed E-state index contributed by atoms with van der Waals surface area (Å²) in [6.45, 7) is 6.06. The molecule has 1 amide bonds. The Kier molecular flexibility index (Phi) is 7.90. The van der Waals surface area contributed by atoms with Crippen molar-refractivity contribution in [1.82, 2.24) is 0 Å². The maximum atomic E-state index is 12.8. The number of methoxy groups -OCH3 is 2. The molecule has 2 aromatic carbocycles. The van der Waals surface area contributed by atoms with E-state index in [-0.39, 0.29) is 12.5 Å². The van der Waals surface area contributed by atoms with Crippen LogP contribution in [0.2, 0.25) is 0 Å². The minimum absolute atomic E-state index is 0.244. The number of carbonyl (C=O) groups excluding carboxylic acids is 2. The van der Waals surface area contributed by atoms with Crippen molar-refractivity contribution in [3.63, 3.8) is 0 Å². The number of thiophene rings is 1. The maximum Gasteiger partial charge on any atom is 0.341 e. The minimum Gasteiger partial charge on any atom is -0.493 e. The van der Waals surface area contributed by atoms with Crippen molar-refractivity contribution < 1.29 is 23.8 Å². The van der Waals surface area contributed by atoms with E-state index in [1.165, 1.54) is 23.0 Å². The molecular weight excluding hydrogens is 438 g/mol. The molecule has 1 N–H and O–H groups in total. The lowest BCUT2D eigenvalue weighted by atomic mass is 9.99. The Morgan fingerprint density at radius 3 is 2.42 bits per heavy atom. The highest BCUT2D eigenvalue weighted by Crippen LogP contribution is 2.37. The largest absolute Gasteiger partial charge is 0.493 e. The molecule has 0 aliphatic carbocycles. The molecule has 33 heavy (non-hydrogen) atoms. The first kappa shape index (κ1) is 24.1. The predicted octanol–water partition coefficient (Wildman–Crippen LogP) is 5.88. The first-order valence-corrected chi connectivity index (χ1v) is 11.3. The number of amides is 1. The van der Waals surface area contributed by atoms with E-state index >= 15 is 0 Å². The zero-order valence-corrected chi connectivity index (χ0v) is 20.2. The van der Waals surface area contributed by atoms with Crippen LogP contribution < -0.4 is 14.8 Å². The summed E-state index contributed by atoms with van der Waals surface area (Å²) in [7, 11) is 3.12. The zero-order chi connectivity index (χ0) is 24.0. The number of aryl methyl sites for hydroxylation is 2. The first-order chi connectivity index (χ1) is 15.9. The highest BCUT2D eigenvalue weighted by atomic mass is 32.1. The molecule has 1 heterocycles. The highest BCUT2D eigenvalue weighted by Gasteiger charge is 2.22. The van der Waals surface area contributed by atoms with Gasteiger partial charge in [-0.3, -0.25) is 4.79 Å². The van der Waals surface area contributed by atoms with Crippen LogP contribution in [0.3, 0.4) is 0 Å². The lowest BCUT2D eigenvalue weighted by Crippen LogP contribution is -2.12. The lowest BCUT2D eigenvalue weighted by molar-refractivity contribution is -0.111. The molecule has 7 heteroatoms. The summed E-state index contributed by atoms with van der Waals surface area (Å²) in [5.74, 6) is 0.353. The number of anilines is 1. The van der Waals surface area contributed by atoms with E-state index in [0.29, 0.717) is 22.1 Å². The molecule has 0 atom stereocenters. The average molecular weight is 466 g/mol. The monoisotopic (exact) mass is 465 g/mol. The molecule has 3 rings (SSSR count). The molecule has 172 valence electrons. The van der Waals surface area contributed by atoms with Gasteiger partial charge in [0.1, 0.15) is 10.6 Å². The molecule has 0 bridgehead atoms. The molecule has 6 nitrogen and oxygen atoms in total. The van der Waals surface area contributed by atoms with Crippen LogP contribution in [0.4, 0.5) is 5.00 Å². The maximum absolute atomic E-state index is 12.8. The number of esters is 1. The van der Waals surface area contributed by atoms with Crippen LogP contribution in [0, 0.1) is 13.8 Å². The molecule has 0 spiro atoms. The van der Waals surface area contributed by atoms with Crippen LogP contribution in [0.1, 0.15) is 34.0 Å². The second kappa shape index (κ2) is 10.8. The molecule has 0 fully saturated rings. The van der Waals surface area contributed by atoms with Gasteiger partial charge in [-0.25, -0.2) is 4.79 Å². The van der Waals surface area contributed by atoms with Gasteiger partial charge < -0.3 is 19.5 Å². The van der Waals surface area contributed by atoms with Crippen molar-refractivity contribution in [3.05, 3.63) is 70.1 Å². The highest BCUT2D eigenvalue weighted by molar-refractivity contribution is 7.15. The molecule has 0 aliphatic heterocycles. The second-order valence-electron chi connectivity index (χ2n) is 7.31. The fourth-order valence-electron chi connectivity index (χ4n) is 3.26. The van der Waals surface area contributed by atoms with Gasteiger partial charge in [0.2, 0.25) is 5.91 Å². The zero-order valence-electron chi connectivity index (χ0n) is 19.4. The Morgan fingerprint density at radius 1 is 1.00 bits per heavy atom. The van der Waals surface area contributed by atoms with E-state index in [2.05, 4.69) is 5.32 Å². The van der Waals surface area contributed by atoms with Crippen LogP contribution >= 0.6 is 11.3 Å². The van der Waals surface area contributed by atoms with Gasteiger partial charge in [0.25, 0.3) is 0 Å². The normalized spacial score (nSPS) is 10.8. The molecule has 1 aromatic heterocycles. The minimum atomic E-state index is -0.467. The Morgan fingerprint density at radius 2 is 1.76 bits per heavy atom. The molecule has 0 saturated carbocycles. The average Bonchev–Trinajstić information content (AvgIpc) is 3.22. The molecular formula is C26H27NO5S. The molecule has 0 aliphatic rings. The standard InChI is InChI=1S/C26H27NO5S/c1-6-32-26(29)24-20(19-10-7-16(2)17(3)13-19)15-33-25(24)27-23(28)12-9-18-8-11-21(30-4)22(14-18)31-5/h7-15H,6H2,1-5H3,(H,27,28)/b12-9-. The van der Waals surface area contributed by atoms with Gasteiger partial charge in [-0.2, -0.15) is 0 Å². The molecule has 3 aromatic rings. The summed E-state index contributed by atoms with van der Waals surface area (Å²) >= 11 is 1.29. The number of rotatable bonds is 8. The number of carbonyl (C=O) groups is 2. The van der Waals surface area contributed by atoms with E-state index in [4.69, 9.17) is 14.2 Å². The fourth-order valence-corrected chi connectivity index (χ4v) is 4.22. The van der Waals surface area contributed by atoms with Crippen molar-refractivity contribution in [3.8, 4) is 22.6 Å². The van der Waals surface area contributed by atoms with Crippen molar-refractivity contribution in [2.24, 2.45) is 0 Å². The Hall–Kier alpha value is -3.58. The van der Waals surface area contributed by atoms with Crippen LogP contribution in [0.15, 0.2) is 47.9 Å². The van der Waals surface area contributed by atoms with Crippen molar-refractivity contribution in [1.29, 1.82) is 0 Å². The second-order valence-corrected chi connectivity index (χ2v) is 8.19. The van der Waals surface area contributed by atoms with Crippen molar-refractivity contribution in [2.75, 3.05) is 26.1 Å². The Bertz CT molecular complexity index is 1200. The van der Waals surface area contributed by atoms with Crippen LogP contribution in [-0.4, -0.2) is 32.7 Å². The van der Waals surface area contributed by atoms with Gasteiger partial charge >= 0.3 is 5.97 Å². The van der Waals surface area contributed by atoms with Crippen LogP contribution in [0.25, 0.3) is 17.2 Å². The van der Waals surface area contributed by atoms with Gasteiger partial charge in [-0.1, -0.05) is 24.3 Å². The Balaban J connectivity index is 1.87. The summed E-state index contributed by atoms with van der Waals surface area (Å²) in [6, 6.07) is 11.4. The molecule has 0 radical (unpaired) electrons. The van der Waals surface area contributed by atoms with Crippen molar-refractivity contribution in [2.45, 2.75) is 20.8 Å². The summed E-state index contributed by atoms with van der Waals surface area (Å²) in [4.78, 5) is 25.4. The number of nitrogens with one attached hydrogen (secondary N) is 1. The van der Waals surface area contributed by atoms with E-state index < -0.39 is 5.97 Å². The van der Waals surface area contributed by atoms with E-state index in [0.717, 1.165) is 22.3 Å². The third kappa shape index (κ3) is 5.62. The summed E-state index contributed by atoms with van der Waals surface area (Å²) < 4.78 is 15.8. The van der Waals surface area contributed by atoms with Gasteiger partial charge in [-0.15, -0.1) is 11.3 Å². The Labute approximate surface area is 197 Å². The van der Waals surface area contributed by atoms with Gasteiger partial charge in [0, 0.05) is 17.0 Å². The molecule has 0 unspecified atom stereocenters. The van der Waals surface area contributed by atoms with Gasteiger partial charge in [0.05, 0.1) is 20.8 Å². The summed E-state index contributed by atoms with van der Waals surface area (Å²) in [5.41, 5.74) is 5.06. The third-order valence-electron chi connectivity index (χ3n) is 5.16. The SMILES string of the molecule is CCOC(=O)c1c(-c2ccc(C)c(C)c2)csc1NC(=O)/C=C\c1ccc(OC)c(OC)c1. The smallest absolute Gasteiger partial charge is 0.341 e. The van der Waals surface area contributed by atoms with Gasteiger partial charge in [0.15, 0.2) is 11.5 Å². The number of hydrogen-bond donors (Lipinski definition) is 1. The summed E-state index contributed by atoms with van der Waals surface area (Å²) in [5, 5.41) is 5.14. The third-order valence-corrected chi connectivity index (χ3v) is 6.06.